The van der Waals surface area contributed by atoms with Gasteiger partial charge in [-0.25, -0.2) is 9.18 Å². The minimum absolute atomic E-state index is 0.0815. The number of alkyl halides is 3. The summed E-state index contributed by atoms with van der Waals surface area (Å²) >= 11 is 0. The van der Waals surface area contributed by atoms with Gasteiger partial charge in [-0.2, -0.15) is 18.3 Å². The van der Waals surface area contributed by atoms with E-state index in [1.165, 1.54) is 24.3 Å². The third kappa shape index (κ3) is 4.78. The fourth-order valence-corrected chi connectivity index (χ4v) is 4.14. The van der Waals surface area contributed by atoms with Crippen molar-refractivity contribution >= 4 is 17.6 Å². The Kier molecular flexibility index (Phi) is 6.16. The van der Waals surface area contributed by atoms with Crippen molar-refractivity contribution in [3.8, 4) is 11.1 Å². The largest absolute Gasteiger partial charge is 0.478 e. The molecule has 2 N–H and O–H groups in total. The lowest BCUT2D eigenvalue weighted by Gasteiger charge is -2.19. The van der Waals surface area contributed by atoms with Gasteiger partial charge >= 0.3 is 12.1 Å². The van der Waals surface area contributed by atoms with Crippen LogP contribution in [0.1, 0.15) is 48.2 Å². The predicted molar refractivity (Wildman–Crippen MR) is 120 cm³/mol. The second kappa shape index (κ2) is 8.83. The van der Waals surface area contributed by atoms with E-state index in [9.17, 15) is 32.3 Å². The summed E-state index contributed by atoms with van der Waals surface area (Å²) in [6.45, 7) is 4.71. The summed E-state index contributed by atoms with van der Waals surface area (Å²) in [7, 11) is 0. The molecular weight excluding hydrogens is 466 g/mol. The van der Waals surface area contributed by atoms with Crippen molar-refractivity contribution in [2.45, 2.75) is 44.8 Å². The first-order valence-electron chi connectivity index (χ1n) is 11.0. The number of benzene rings is 2. The maximum absolute atomic E-state index is 14.7. The molecule has 1 aromatic heterocycles. The fraction of sp³-hybridized carbons (Fsp3) is 0.320. The van der Waals surface area contributed by atoms with Gasteiger partial charge in [0.25, 0.3) is 0 Å². The number of aromatic carboxylic acids is 1. The number of nitrogens with one attached hydrogen (secondary N) is 1. The van der Waals surface area contributed by atoms with E-state index in [1.807, 2.05) is 13.8 Å². The molecule has 1 amide bonds. The number of carboxylic acids is 1. The number of anilines is 1. The monoisotopic (exact) mass is 489 g/mol. The molecule has 1 aliphatic carbocycles. The molecule has 0 aliphatic heterocycles. The van der Waals surface area contributed by atoms with E-state index in [4.69, 9.17) is 0 Å². The molecular formula is C25H23F4N3O3. The topological polar surface area (TPSA) is 84.2 Å². The van der Waals surface area contributed by atoms with Gasteiger partial charge in [0.05, 0.1) is 22.7 Å². The lowest BCUT2D eigenvalue weighted by molar-refractivity contribution is -0.140. The standard InChI is InChI=1S/C25H23F4N3O3/c1-14(2)12-32-13-15(11-30-32)17-7-6-16(10-18(17)22(33)34)31-23(35)24(8-9-24)19-4-3-5-20(21(19)26)25(27,28)29/h3-7,10-11,13-14H,8-9,12H2,1-2H3,(H,31,35)(H,33,34). The van der Waals surface area contributed by atoms with Gasteiger partial charge in [-0.05, 0) is 42.5 Å². The third-order valence-corrected chi connectivity index (χ3v) is 6.01. The molecule has 2 aromatic carbocycles. The van der Waals surface area contributed by atoms with Crippen molar-refractivity contribution in [2.75, 3.05) is 5.32 Å². The lowest BCUT2D eigenvalue weighted by atomic mass is 9.92. The Morgan fingerprint density at radius 2 is 1.91 bits per heavy atom. The van der Waals surface area contributed by atoms with Crippen LogP contribution >= 0.6 is 0 Å². The number of hydrogen-bond donors (Lipinski definition) is 2. The lowest BCUT2D eigenvalue weighted by Crippen LogP contribution is -2.29. The third-order valence-electron chi connectivity index (χ3n) is 6.01. The van der Waals surface area contributed by atoms with Crippen LogP contribution in [0.25, 0.3) is 11.1 Å². The van der Waals surface area contributed by atoms with Crippen LogP contribution in [-0.4, -0.2) is 26.8 Å². The van der Waals surface area contributed by atoms with Crippen molar-refractivity contribution in [3.05, 3.63) is 71.3 Å². The van der Waals surface area contributed by atoms with Crippen molar-refractivity contribution in [2.24, 2.45) is 5.92 Å². The molecule has 10 heteroatoms. The second-order valence-electron chi connectivity index (χ2n) is 9.11. The second-order valence-corrected chi connectivity index (χ2v) is 9.11. The molecule has 0 unspecified atom stereocenters. The molecule has 6 nitrogen and oxygen atoms in total. The molecule has 0 bridgehead atoms. The number of carboxylic acid groups (broad SMARTS) is 1. The summed E-state index contributed by atoms with van der Waals surface area (Å²) in [6.07, 6.45) is -1.25. The number of amides is 1. The Hall–Kier alpha value is -3.69. The highest BCUT2D eigenvalue weighted by molar-refractivity contribution is 6.03. The van der Waals surface area contributed by atoms with Gasteiger partial charge in [-0.3, -0.25) is 9.48 Å². The van der Waals surface area contributed by atoms with Gasteiger partial charge in [0, 0.05) is 29.6 Å². The number of carbonyl (C=O) groups is 2. The minimum atomic E-state index is -4.89. The first-order valence-corrected chi connectivity index (χ1v) is 11.0. The summed E-state index contributed by atoms with van der Waals surface area (Å²) in [5.41, 5.74) is -2.14. The highest BCUT2D eigenvalue weighted by Crippen LogP contribution is 2.51. The summed E-state index contributed by atoms with van der Waals surface area (Å²) in [5, 5.41) is 16.5. The molecule has 35 heavy (non-hydrogen) atoms. The summed E-state index contributed by atoms with van der Waals surface area (Å²) in [4.78, 5) is 25.0. The molecule has 0 spiro atoms. The van der Waals surface area contributed by atoms with Gasteiger partial charge in [-0.15, -0.1) is 0 Å². The minimum Gasteiger partial charge on any atom is -0.478 e. The molecule has 0 atom stereocenters. The quantitative estimate of drug-likeness (QED) is 0.415. The number of hydrogen-bond acceptors (Lipinski definition) is 3. The average Bonchev–Trinajstić information content (AvgIpc) is 3.45. The molecule has 0 saturated heterocycles. The van der Waals surface area contributed by atoms with E-state index in [2.05, 4.69) is 10.4 Å². The Labute approximate surface area is 198 Å². The zero-order valence-corrected chi connectivity index (χ0v) is 19.0. The summed E-state index contributed by atoms with van der Waals surface area (Å²) in [5.74, 6) is -3.04. The van der Waals surface area contributed by atoms with Gasteiger partial charge < -0.3 is 10.4 Å². The van der Waals surface area contributed by atoms with Crippen molar-refractivity contribution in [3.63, 3.8) is 0 Å². The zero-order chi connectivity index (χ0) is 25.5. The van der Waals surface area contributed by atoms with E-state index in [0.717, 1.165) is 6.07 Å². The maximum atomic E-state index is 14.7. The number of aromatic nitrogens is 2. The molecule has 4 rings (SSSR count). The first-order chi connectivity index (χ1) is 16.4. The molecule has 1 heterocycles. The Balaban J connectivity index is 1.62. The highest BCUT2D eigenvalue weighted by Gasteiger charge is 2.54. The number of rotatable bonds is 7. The zero-order valence-electron chi connectivity index (χ0n) is 19.0. The number of carbonyl (C=O) groups excluding carboxylic acids is 1. The van der Waals surface area contributed by atoms with E-state index < -0.39 is 34.8 Å². The highest BCUT2D eigenvalue weighted by atomic mass is 19.4. The maximum Gasteiger partial charge on any atom is 0.419 e. The van der Waals surface area contributed by atoms with Crippen molar-refractivity contribution < 1.29 is 32.3 Å². The summed E-state index contributed by atoms with van der Waals surface area (Å²) < 4.78 is 55.9. The average molecular weight is 489 g/mol. The van der Waals surface area contributed by atoms with Crippen LogP contribution in [0.3, 0.4) is 0 Å². The molecule has 1 saturated carbocycles. The van der Waals surface area contributed by atoms with Crippen LogP contribution in [0.4, 0.5) is 23.2 Å². The van der Waals surface area contributed by atoms with Crippen molar-refractivity contribution in [1.29, 1.82) is 0 Å². The van der Waals surface area contributed by atoms with Crippen LogP contribution in [-0.2, 0) is 22.9 Å². The Morgan fingerprint density at radius 3 is 2.51 bits per heavy atom. The van der Waals surface area contributed by atoms with E-state index >= 15 is 0 Å². The number of halogens is 4. The molecule has 184 valence electrons. The number of nitrogens with zero attached hydrogens (tertiary/aromatic N) is 2. The smallest absolute Gasteiger partial charge is 0.419 e. The SMILES string of the molecule is CC(C)Cn1cc(-c2ccc(NC(=O)C3(c4cccc(C(F)(F)F)c4F)CC3)cc2C(=O)O)cn1. The van der Waals surface area contributed by atoms with Crippen LogP contribution in [0, 0.1) is 11.7 Å². The molecule has 1 fully saturated rings. The van der Waals surface area contributed by atoms with Gasteiger partial charge in [0.2, 0.25) is 5.91 Å². The Morgan fingerprint density at radius 1 is 1.20 bits per heavy atom. The molecule has 3 aromatic rings. The first kappa shape index (κ1) is 24.4. The van der Waals surface area contributed by atoms with Gasteiger partial charge in [-0.1, -0.05) is 32.0 Å². The molecule has 1 aliphatic rings. The van der Waals surface area contributed by atoms with Crippen LogP contribution < -0.4 is 5.32 Å². The fourth-order valence-electron chi connectivity index (χ4n) is 4.14. The van der Waals surface area contributed by atoms with E-state index in [-0.39, 0.29) is 29.7 Å². The summed E-state index contributed by atoms with van der Waals surface area (Å²) in [6, 6.07) is 7.18. The van der Waals surface area contributed by atoms with Crippen LogP contribution in [0.2, 0.25) is 0 Å². The normalized spacial score (nSPS) is 14.7. The van der Waals surface area contributed by atoms with Gasteiger partial charge in [0.1, 0.15) is 5.82 Å². The van der Waals surface area contributed by atoms with Crippen molar-refractivity contribution in [1.82, 2.24) is 9.78 Å². The van der Waals surface area contributed by atoms with Gasteiger partial charge in [0.15, 0.2) is 0 Å². The van der Waals surface area contributed by atoms with E-state index in [1.54, 1.807) is 17.1 Å². The Bertz CT molecular complexity index is 1290. The molecule has 0 radical (unpaired) electrons. The van der Waals surface area contributed by atoms with E-state index in [0.29, 0.717) is 29.7 Å². The predicted octanol–water partition coefficient (Wildman–Crippen LogP) is 5.73. The van der Waals surface area contributed by atoms with Crippen LogP contribution in [0.5, 0.6) is 0 Å². The van der Waals surface area contributed by atoms with Crippen LogP contribution in [0.15, 0.2) is 48.8 Å².